The van der Waals surface area contributed by atoms with Gasteiger partial charge in [-0.3, -0.25) is 18.7 Å². The molecule has 0 spiro atoms. The van der Waals surface area contributed by atoms with Crippen molar-refractivity contribution >= 4 is 56.2 Å². The number of carbonyl (C=O) groups is 2. The molecule has 4 aromatic carbocycles. The first-order valence-electron chi connectivity index (χ1n) is 18.7. The summed E-state index contributed by atoms with van der Waals surface area (Å²) in [7, 11) is -6.30. The van der Waals surface area contributed by atoms with Gasteiger partial charge in [0.05, 0.1) is 38.8 Å². The molecule has 0 saturated heterocycles. The molecule has 12 heteroatoms. The fourth-order valence-electron chi connectivity index (χ4n) is 6.09. The second-order valence-electron chi connectivity index (χ2n) is 13.1. The molecule has 0 amide bonds. The van der Waals surface area contributed by atoms with Crippen molar-refractivity contribution in [3.63, 3.8) is 0 Å². The molecule has 0 atom stereocenters. The maximum absolute atomic E-state index is 12.7. The average molecular weight is 818 g/mol. The zero-order valence-corrected chi connectivity index (χ0v) is 36.2. The highest BCUT2D eigenvalue weighted by Crippen LogP contribution is 2.55. The molecular weight excluding hydrogens is 764 g/mol. The third kappa shape index (κ3) is 12.0. The van der Waals surface area contributed by atoms with E-state index in [0.717, 1.165) is 61.6 Å². The van der Waals surface area contributed by atoms with Crippen LogP contribution in [-0.2, 0) is 39.5 Å². The number of carbonyl (C=O) groups excluding carboxylic acids is 2. The minimum atomic E-state index is -3.15. The topological polar surface area (TPSA) is 108 Å². The fraction of sp³-hybridized carbons (Fsp3) is 0.318. The molecule has 1 aromatic heterocycles. The second-order valence-corrected chi connectivity index (χ2v) is 18.4. The molecule has 0 aliphatic heterocycles. The van der Waals surface area contributed by atoms with Gasteiger partial charge in [-0.1, -0.05) is 42.0 Å². The smallest absolute Gasteiger partial charge is 0.310 e. The summed E-state index contributed by atoms with van der Waals surface area (Å²) >= 11 is 1.45. The van der Waals surface area contributed by atoms with Gasteiger partial charge in [-0.25, -0.2) is 0 Å². The Labute approximate surface area is 336 Å². The standard InChI is InChI=1S/C29H25NO2.C15H28O6P2S/c1-20-4-6-23(7-5-20)24-8-12-27(13-9-24)30(28-14-10-25(18-31)21(2)16-28)29-15-11-26(19-32)22(3)17-29;1-6-18-22(16,19-7-2)11-14-10-13(5)15(24-14)12-23(17,20-8-3)21-9-4/h4-19H,1-3H3;10H,6-9,11-12H2,1-5H3. The molecule has 0 bridgehead atoms. The number of rotatable bonds is 18. The van der Waals surface area contributed by atoms with E-state index < -0.39 is 15.2 Å². The van der Waals surface area contributed by atoms with Gasteiger partial charge in [0.2, 0.25) is 0 Å². The number of benzene rings is 4. The first kappa shape index (κ1) is 44.7. The zero-order chi connectivity index (χ0) is 40.9. The highest BCUT2D eigenvalue weighted by atomic mass is 32.1. The second kappa shape index (κ2) is 21.0. The molecule has 0 unspecified atom stereocenters. The summed E-state index contributed by atoms with van der Waals surface area (Å²) < 4.78 is 46.7. The molecule has 5 aromatic rings. The molecule has 0 saturated carbocycles. The van der Waals surface area contributed by atoms with Crippen molar-refractivity contribution in [1.82, 2.24) is 0 Å². The molecule has 9 nitrogen and oxygen atoms in total. The fourth-order valence-corrected chi connectivity index (χ4v) is 11.5. The Hall–Kier alpha value is -3.98. The van der Waals surface area contributed by atoms with Gasteiger partial charge < -0.3 is 23.0 Å². The van der Waals surface area contributed by atoms with Gasteiger partial charge in [-0.15, -0.1) is 11.3 Å². The Morgan fingerprint density at radius 2 is 0.946 bits per heavy atom. The third-order valence-corrected chi connectivity index (χ3v) is 14.6. The largest absolute Gasteiger partial charge is 0.335 e. The first-order valence-corrected chi connectivity index (χ1v) is 23.0. The van der Waals surface area contributed by atoms with Crippen LogP contribution < -0.4 is 4.90 Å². The number of hydrogen-bond donors (Lipinski definition) is 0. The van der Waals surface area contributed by atoms with Gasteiger partial charge in [0.15, 0.2) is 0 Å². The summed E-state index contributed by atoms with van der Waals surface area (Å²) in [6.07, 6.45) is 2.19. The van der Waals surface area contributed by atoms with Crippen molar-refractivity contribution in [3.05, 3.63) is 134 Å². The zero-order valence-electron chi connectivity index (χ0n) is 33.6. The number of nitrogens with zero attached hydrogens (tertiary/aromatic N) is 1. The molecule has 298 valence electrons. The summed E-state index contributed by atoms with van der Waals surface area (Å²) in [4.78, 5) is 26.6. The minimum Gasteiger partial charge on any atom is -0.310 e. The van der Waals surface area contributed by atoms with Gasteiger partial charge in [0.1, 0.15) is 12.6 Å². The number of hydrogen-bond acceptors (Lipinski definition) is 10. The lowest BCUT2D eigenvalue weighted by atomic mass is 10.0. The summed E-state index contributed by atoms with van der Waals surface area (Å²) in [5.74, 6) is 0. The van der Waals surface area contributed by atoms with Crippen LogP contribution in [0.25, 0.3) is 11.1 Å². The number of aryl methyl sites for hydroxylation is 4. The Kier molecular flexibility index (Phi) is 16.8. The van der Waals surface area contributed by atoms with Gasteiger partial charge >= 0.3 is 15.2 Å². The number of aldehydes is 2. The van der Waals surface area contributed by atoms with Gasteiger partial charge in [-0.2, -0.15) is 0 Å². The van der Waals surface area contributed by atoms with E-state index in [2.05, 4.69) is 60.4 Å². The van der Waals surface area contributed by atoms with Crippen LogP contribution in [-0.4, -0.2) is 39.0 Å². The van der Waals surface area contributed by atoms with Crippen molar-refractivity contribution in [2.45, 2.75) is 67.7 Å². The Morgan fingerprint density at radius 3 is 1.36 bits per heavy atom. The molecular formula is C44H53NO8P2S. The molecule has 0 aliphatic rings. The lowest BCUT2D eigenvalue weighted by Crippen LogP contribution is -2.11. The van der Waals surface area contributed by atoms with Crippen LogP contribution in [0.2, 0.25) is 0 Å². The Morgan fingerprint density at radius 1 is 0.536 bits per heavy atom. The van der Waals surface area contributed by atoms with Crippen LogP contribution in [0.5, 0.6) is 0 Å². The monoisotopic (exact) mass is 817 g/mol. The van der Waals surface area contributed by atoms with Crippen molar-refractivity contribution in [2.75, 3.05) is 31.3 Å². The SMILES string of the molecule is CCOP(=O)(Cc1cc(C)c(CP(=O)(OCC)OCC)s1)OCC.Cc1ccc(-c2ccc(N(c3ccc(C=O)c(C)c3)c3ccc(C=O)c(C)c3)cc2)cc1. The van der Waals surface area contributed by atoms with Crippen molar-refractivity contribution in [3.8, 4) is 11.1 Å². The van der Waals surface area contributed by atoms with E-state index in [1.54, 1.807) is 27.7 Å². The lowest BCUT2D eigenvalue weighted by Gasteiger charge is -2.27. The van der Waals surface area contributed by atoms with E-state index >= 15 is 0 Å². The lowest BCUT2D eigenvalue weighted by molar-refractivity contribution is 0.111. The molecule has 0 radical (unpaired) electrons. The Bertz CT molecular complexity index is 2090. The van der Waals surface area contributed by atoms with Crippen LogP contribution in [0.1, 0.15) is 80.4 Å². The van der Waals surface area contributed by atoms with Crippen LogP contribution in [0.15, 0.2) is 91.0 Å². The normalized spacial score (nSPS) is 11.5. The maximum atomic E-state index is 12.7. The molecule has 0 aliphatic carbocycles. The minimum absolute atomic E-state index is 0.216. The van der Waals surface area contributed by atoms with E-state index in [9.17, 15) is 18.7 Å². The Balaban J connectivity index is 0.000000261. The summed E-state index contributed by atoms with van der Waals surface area (Å²) in [6, 6.07) is 30.5. The van der Waals surface area contributed by atoms with Crippen molar-refractivity contribution in [2.24, 2.45) is 0 Å². The van der Waals surface area contributed by atoms with Crippen LogP contribution >= 0.6 is 26.5 Å². The average Bonchev–Trinajstić information content (AvgIpc) is 3.49. The van der Waals surface area contributed by atoms with Crippen LogP contribution in [0.3, 0.4) is 0 Å². The molecule has 1 heterocycles. The van der Waals surface area contributed by atoms with Gasteiger partial charge in [0.25, 0.3) is 0 Å². The summed E-state index contributed by atoms with van der Waals surface area (Å²) in [5.41, 5.74) is 10.6. The summed E-state index contributed by atoms with van der Waals surface area (Å²) in [6.45, 7) is 16.4. The summed E-state index contributed by atoms with van der Waals surface area (Å²) in [5, 5.41) is 0. The van der Waals surface area contributed by atoms with Crippen molar-refractivity contribution in [1.29, 1.82) is 0 Å². The molecule has 0 fully saturated rings. The molecule has 56 heavy (non-hydrogen) atoms. The quantitative estimate of drug-likeness (QED) is 0.0630. The third-order valence-electron chi connectivity index (χ3n) is 8.85. The van der Waals surface area contributed by atoms with E-state index in [1.165, 1.54) is 22.5 Å². The predicted octanol–water partition coefficient (Wildman–Crippen LogP) is 13.0. The van der Waals surface area contributed by atoms with Gasteiger partial charge in [-0.05, 0) is 138 Å². The van der Waals surface area contributed by atoms with E-state index in [1.807, 2.05) is 63.2 Å². The molecule has 0 N–H and O–H groups in total. The van der Waals surface area contributed by atoms with Crippen LogP contribution in [0.4, 0.5) is 17.1 Å². The van der Waals surface area contributed by atoms with E-state index in [-0.39, 0.29) is 12.3 Å². The number of anilines is 3. The van der Waals surface area contributed by atoms with E-state index in [4.69, 9.17) is 18.1 Å². The highest BCUT2D eigenvalue weighted by molar-refractivity contribution is 7.54. The first-order chi connectivity index (χ1) is 26.8. The predicted molar refractivity (Wildman–Crippen MR) is 230 cm³/mol. The molecule has 5 rings (SSSR count). The van der Waals surface area contributed by atoms with Gasteiger partial charge in [0, 0.05) is 37.9 Å². The van der Waals surface area contributed by atoms with Crippen LogP contribution in [0, 0.1) is 27.7 Å². The number of thiophene rings is 1. The maximum Gasteiger partial charge on any atom is 0.335 e. The highest BCUT2D eigenvalue weighted by Gasteiger charge is 2.29. The van der Waals surface area contributed by atoms with E-state index in [0.29, 0.717) is 37.6 Å². The van der Waals surface area contributed by atoms with Crippen molar-refractivity contribution < 1.29 is 36.8 Å².